The number of Topliss-reactive ketones (excluding diaryl/α,β-unsaturated/α-hetero) is 1. The maximum Gasteiger partial charge on any atom is 0.416 e. The highest BCUT2D eigenvalue weighted by Gasteiger charge is 2.31. The molecule has 8 heteroatoms. The van der Waals surface area contributed by atoms with E-state index in [4.69, 9.17) is 0 Å². The molecule has 3 rings (SSSR count). The Morgan fingerprint density at radius 1 is 1.10 bits per heavy atom. The van der Waals surface area contributed by atoms with Gasteiger partial charge in [0.1, 0.15) is 5.82 Å². The van der Waals surface area contributed by atoms with Crippen LogP contribution >= 0.6 is 0 Å². The van der Waals surface area contributed by atoms with Crippen LogP contribution in [-0.2, 0) is 12.7 Å². The maximum absolute atomic E-state index is 14.4. The number of pyridine rings is 2. The minimum atomic E-state index is -4.51. The highest BCUT2D eigenvalue weighted by molar-refractivity contribution is 5.96. The quantitative estimate of drug-likeness (QED) is 0.426. The lowest BCUT2D eigenvalue weighted by Crippen LogP contribution is -2.20. The Morgan fingerprint density at radius 3 is 2.40 bits per heavy atom. The van der Waals surface area contributed by atoms with Crippen LogP contribution in [-0.4, -0.2) is 15.3 Å². The average molecular weight is 418 g/mol. The van der Waals surface area contributed by atoms with Crippen LogP contribution in [0.3, 0.4) is 0 Å². The van der Waals surface area contributed by atoms with Crippen LogP contribution in [0.5, 0.6) is 0 Å². The normalized spacial score (nSPS) is 12.6. The number of aryl methyl sites for hydroxylation is 1. The van der Waals surface area contributed by atoms with E-state index in [9.17, 15) is 27.2 Å². The summed E-state index contributed by atoms with van der Waals surface area (Å²) in [6, 6.07) is 9.46. The summed E-state index contributed by atoms with van der Waals surface area (Å²) in [5.41, 5.74) is -0.547. The molecule has 1 atom stereocenters. The van der Waals surface area contributed by atoms with Crippen LogP contribution in [0.1, 0.15) is 46.4 Å². The van der Waals surface area contributed by atoms with Gasteiger partial charge in [-0.15, -0.1) is 0 Å². The third-order valence-corrected chi connectivity index (χ3v) is 4.79. The summed E-state index contributed by atoms with van der Waals surface area (Å²) in [6.07, 6.45) is -1.95. The smallest absolute Gasteiger partial charge is 0.315 e. The van der Waals surface area contributed by atoms with Crippen LogP contribution in [0.2, 0.25) is 0 Å². The molecule has 0 unspecified atom stereocenters. The van der Waals surface area contributed by atoms with Crippen molar-refractivity contribution >= 4 is 5.78 Å². The van der Waals surface area contributed by atoms with Crippen molar-refractivity contribution in [3.8, 4) is 0 Å². The van der Waals surface area contributed by atoms with Gasteiger partial charge in [0.15, 0.2) is 5.78 Å². The summed E-state index contributed by atoms with van der Waals surface area (Å²) in [5.74, 6) is -1.93. The van der Waals surface area contributed by atoms with Crippen molar-refractivity contribution in [2.75, 3.05) is 0 Å². The van der Waals surface area contributed by atoms with E-state index in [0.717, 1.165) is 12.1 Å². The van der Waals surface area contributed by atoms with Crippen molar-refractivity contribution < 1.29 is 22.4 Å². The number of nitrogens with zero attached hydrogens (tertiary/aromatic N) is 2. The fourth-order valence-corrected chi connectivity index (χ4v) is 3.18. The van der Waals surface area contributed by atoms with Crippen LogP contribution in [0, 0.1) is 5.82 Å². The van der Waals surface area contributed by atoms with Crippen molar-refractivity contribution in [2.24, 2.45) is 0 Å². The number of carbonyl (C=O) groups excluding carboxylic acids is 1. The fourth-order valence-electron chi connectivity index (χ4n) is 3.18. The van der Waals surface area contributed by atoms with Gasteiger partial charge >= 0.3 is 6.18 Å². The fraction of sp³-hybridized carbons (Fsp3) is 0.227. The first-order valence-electron chi connectivity index (χ1n) is 9.22. The lowest BCUT2D eigenvalue weighted by molar-refractivity contribution is -0.137. The third kappa shape index (κ3) is 4.64. The number of carbonyl (C=O) groups is 1. The van der Waals surface area contributed by atoms with Crippen molar-refractivity contribution in [3.05, 3.63) is 99.5 Å². The van der Waals surface area contributed by atoms with E-state index in [1.54, 1.807) is 6.92 Å². The molecule has 0 aliphatic heterocycles. The van der Waals surface area contributed by atoms with E-state index in [1.807, 2.05) is 0 Å². The first-order valence-corrected chi connectivity index (χ1v) is 9.22. The lowest BCUT2D eigenvalue weighted by atomic mass is 9.88. The van der Waals surface area contributed by atoms with Crippen LogP contribution in [0.15, 0.2) is 65.7 Å². The number of ketones is 1. The zero-order valence-electron chi connectivity index (χ0n) is 16.0. The van der Waals surface area contributed by atoms with Gasteiger partial charge in [-0.2, -0.15) is 13.2 Å². The predicted molar refractivity (Wildman–Crippen MR) is 103 cm³/mol. The number of aromatic nitrogens is 2. The van der Waals surface area contributed by atoms with E-state index >= 15 is 0 Å². The Balaban J connectivity index is 1.99. The summed E-state index contributed by atoms with van der Waals surface area (Å²) < 4.78 is 54.4. The molecule has 0 aliphatic rings. The minimum Gasteiger partial charge on any atom is -0.315 e. The van der Waals surface area contributed by atoms with Crippen LogP contribution in [0.4, 0.5) is 17.6 Å². The minimum absolute atomic E-state index is 0.0329. The number of rotatable bonds is 6. The number of hydrogen-bond acceptors (Lipinski definition) is 3. The molecule has 0 fully saturated rings. The summed E-state index contributed by atoms with van der Waals surface area (Å²) in [5, 5.41) is 0. The summed E-state index contributed by atoms with van der Waals surface area (Å²) in [6.45, 7) is 2.13. The van der Waals surface area contributed by atoms with Crippen molar-refractivity contribution in [1.29, 1.82) is 0 Å². The number of halogens is 4. The molecule has 30 heavy (non-hydrogen) atoms. The number of hydrogen-bond donors (Lipinski definition) is 0. The Labute approximate surface area is 169 Å². The van der Waals surface area contributed by atoms with Gasteiger partial charge in [0, 0.05) is 42.9 Å². The summed E-state index contributed by atoms with van der Waals surface area (Å²) in [7, 11) is 0. The van der Waals surface area contributed by atoms with E-state index in [-0.39, 0.29) is 29.0 Å². The first kappa shape index (κ1) is 21.4. The average Bonchev–Trinajstić information content (AvgIpc) is 2.72. The van der Waals surface area contributed by atoms with Gasteiger partial charge in [-0.05, 0) is 42.8 Å². The molecular formula is C22H18F4N2O2. The molecule has 3 aromatic rings. The number of alkyl halides is 3. The van der Waals surface area contributed by atoms with E-state index in [0.29, 0.717) is 12.1 Å². The molecule has 0 N–H and O–H groups in total. The van der Waals surface area contributed by atoms with Crippen molar-refractivity contribution in [3.63, 3.8) is 0 Å². The SMILES string of the molecule is CCn1cc(C(=O)C[C@@H](c2ccc(C(F)(F)F)cc2)c2ncccc2F)ccc1=O. The molecule has 0 aliphatic carbocycles. The molecule has 156 valence electrons. The molecule has 2 heterocycles. The molecule has 0 bridgehead atoms. The van der Waals surface area contributed by atoms with Crippen LogP contribution in [0.25, 0.3) is 0 Å². The molecule has 0 spiro atoms. The number of benzene rings is 1. The first-order chi connectivity index (χ1) is 14.2. The predicted octanol–water partition coefficient (Wildman–Crippen LogP) is 4.83. The van der Waals surface area contributed by atoms with Crippen LogP contribution < -0.4 is 5.56 Å². The lowest BCUT2D eigenvalue weighted by Gasteiger charge is -2.18. The standard InChI is InChI=1S/C22H18F4N2O2/c1-2-28-13-15(7-10-20(28)30)19(29)12-17(21-18(23)4-3-11-27-21)14-5-8-16(9-6-14)22(24,25)26/h3-11,13,17H,2,12H2,1H3/t17-/m0/s1. The molecule has 0 saturated carbocycles. The Bertz CT molecular complexity index is 1110. The summed E-state index contributed by atoms with van der Waals surface area (Å²) in [4.78, 5) is 28.6. The Morgan fingerprint density at radius 2 is 1.80 bits per heavy atom. The molecule has 1 aromatic carbocycles. The summed E-state index contributed by atoms with van der Waals surface area (Å²) >= 11 is 0. The van der Waals surface area contributed by atoms with Crippen molar-refractivity contribution in [1.82, 2.24) is 9.55 Å². The highest BCUT2D eigenvalue weighted by Crippen LogP contribution is 2.33. The second-order valence-corrected chi connectivity index (χ2v) is 6.71. The molecule has 0 radical (unpaired) electrons. The molecule has 2 aromatic heterocycles. The van der Waals surface area contributed by atoms with Gasteiger partial charge in [-0.3, -0.25) is 14.6 Å². The molecule has 0 saturated heterocycles. The highest BCUT2D eigenvalue weighted by atomic mass is 19.4. The van der Waals surface area contributed by atoms with Gasteiger partial charge in [-0.25, -0.2) is 4.39 Å². The van der Waals surface area contributed by atoms with E-state index < -0.39 is 23.5 Å². The van der Waals surface area contributed by atoms with E-state index in [1.165, 1.54) is 53.4 Å². The second kappa shape index (κ2) is 8.61. The van der Waals surface area contributed by atoms with E-state index in [2.05, 4.69) is 4.98 Å². The van der Waals surface area contributed by atoms with Crippen molar-refractivity contribution in [2.45, 2.75) is 32.0 Å². The largest absolute Gasteiger partial charge is 0.416 e. The monoisotopic (exact) mass is 418 g/mol. The van der Waals surface area contributed by atoms with Gasteiger partial charge in [0.05, 0.1) is 11.3 Å². The molecule has 4 nitrogen and oxygen atoms in total. The van der Waals surface area contributed by atoms with Gasteiger partial charge in [0.2, 0.25) is 0 Å². The second-order valence-electron chi connectivity index (χ2n) is 6.71. The maximum atomic E-state index is 14.4. The zero-order valence-corrected chi connectivity index (χ0v) is 16.0. The zero-order chi connectivity index (χ0) is 21.9. The molecular weight excluding hydrogens is 400 g/mol. The topological polar surface area (TPSA) is 52.0 Å². The third-order valence-electron chi connectivity index (χ3n) is 4.79. The Hall–Kier alpha value is -3.29. The van der Waals surface area contributed by atoms with Gasteiger partial charge in [0.25, 0.3) is 5.56 Å². The van der Waals surface area contributed by atoms with Gasteiger partial charge < -0.3 is 4.57 Å². The Kier molecular flexibility index (Phi) is 6.14. The van der Waals surface area contributed by atoms with Gasteiger partial charge in [-0.1, -0.05) is 12.1 Å². The molecule has 0 amide bonds.